The van der Waals surface area contributed by atoms with Crippen LogP contribution in [0.25, 0.3) is 0 Å². The number of nitrogens with zero attached hydrogens (tertiary/aromatic N) is 1. The maximum atomic E-state index is 10.5. The zero-order valence-corrected chi connectivity index (χ0v) is 11.1. The predicted octanol–water partition coefficient (Wildman–Crippen LogP) is 0.913. The van der Waals surface area contributed by atoms with Crippen molar-refractivity contribution in [1.29, 1.82) is 0 Å². The van der Waals surface area contributed by atoms with Gasteiger partial charge in [0.05, 0.1) is 0 Å². The number of hydrogen-bond acceptors (Lipinski definition) is 3. The van der Waals surface area contributed by atoms with Crippen LogP contribution in [0.4, 0.5) is 10.5 Å². The van der Waals surface area contributed by atoms with E-state index in [-0.39, 0.29) is 0 Å². The van der Waals surface area contributed by atoms with Crippen LogP contribution >= 0.6 is 0 Å². The van der Waals surface area contributed by atoms with Crippen LogP contribution in [0, 0.1) is 0 Å². The van der Waals surface area contributed by atoms with E-state index >= 15 is 0 Å². The van der Waals surface area contributed by atoms with E-state index in [4.69, 9.17) is 5.73 Å². The first-order valence-corrected chi connectivity index (χ1v) is 6.82. The molecule has 1 aliphatic heterocycles. The molecule has 19 heavy (non-hydrogen) atoms. The second kappa shape index (κ2) is 6.99. The third-order valence-corrected chi connectivity index (χ3v) is 3.47. The van der Waals surface area contributed by atoms with Gasteiger partial charge in [-0.1, -0.05) is 18.2 Å². The number of amides is 2. The summed E-state index contributed by atoms with van der Waals surface area (Å²) in [5, 5.41) is 6.04. The first-order valence-electron chi connectivity index (χ1n) is 6.82. The number of benzene rings is 1. The molecule has 1 aliphatic rings. The summed E-state index contributed by atoms with van der Waals surface area (Å²) in [6.07, 6.45) is 2.26. The van der Waals surface area contributed by atoms with E-state index < -0.39 is 6.03 Å². The molecule has 0 atom stereocenters. The fraction of sp³-hybridized carbons (Fsp3) is 0.500. The lowest BCUT2D eigenvalue weighted by Gasteiger charge is -2.34. The van der Waals surface area contributed by atoms with E-state index in [0.29, 0.717) is 12.6 Å². The topological polar surface area (TPSA) is 70.4 Å². The molecule has 1 fully saturated rings. The highest BCUT2D eigenvalue weighted by atomic mass is 16.2. The third kappa shape index (κ3) is 4.44. The number of nitrogens with two attached hydrogens (primary N) is 1. The Labute approximate surface area is 114 Å². The standard InChI is InChI=1S/C14H22N4O/c15-14(19)17-9-8-16-12-6-10-18(11-7-12)13-4-2-1-3-5-13/h1-5,12,16H,6-11H2,(H3,15,17,19). The summed E-state index contributed by atoms with van der Waals surface area (Å²) in [4.78, 5) is 12.9. The van der Waals surface area contributed by atoms with Gasteiger partial charge < -0.3 is 21.3 Å². The Balaban J connectivity index is 1.67. The maximum Gasteiger partial charge on any atom is 0.312 e. The number of hydrogen-bond donors (Lipinski definition) is 3. The SMILES string of the molecule is NC(=O)NCCNC1CCN(c2ccccc2)CC1. The molecule has 1 aromatic rings. The quantitative estimate of drug-likeness (QED) is 0.691. The molecule has 1 heterocycles. The van der Waals surface area contributed by atoms with Crippen LogP contribution in [-0.4, -0.2) is 38.3 Å². The molecule has 0 radical (unpaired) electrons. The maximum absolute atomic E-state index is 10.5. The molecule has 4 N–H and O–H groups in total. The highest BCUT2D eigenvalue weighted by Gasteiger charge is 2.18. The molecule has 1 saturated heterocycles. The number of carbonyl (C=O) groups excluding carboxylic acids is 1. The fourth-order valence-electron chi connectivity index (χ4n) is 2.44. The number of rotatable bonds is 5. The molecule has 0 bridgehead atoms. The zero-order chi connectivity index (χ0) is 13.5. The van der Waals surface area contributed by atoms with Crippen molar-refractivity contribution >= 4 is 11.7 Å². The Morgan fingerprint density at radius 2 is 1.89 bits per heavy atom. The van der Waals surface area contributed by atoms with Crippen LogP contribution in [0.1, 0.15) is 12.8 Å². The summed E-state index contributed by atoms with van der Waals surface area (Å²) in [7, 11) is 0. The molecular formula is C14H22N4O. The first kappa shape index (κ1) is 13.7. The summed E-state index contributed by atoms with van der Waals surface area (Å²) < 4.78 is 0. The molecule has 1 aromatic carbocycles. The van der Waals surface area contributed by atoms with Crippen LogP contribution in [0.3, 0.4) is 0 Å². The Bertz CT molecular complexity index is 388. The lowest BCUT2D eigenvalue weighted by molar-refractivity contribution is 0.248. The van der Waals surface area contributed by atoms with Gasteiger partial charge in [-0.25, -0.2) is 4.79 Å². The summed E-state index contributed by atoms with van der Waals surface area (Å²) in [6.45, 7) is 3.52. The largest absolute Gasteiger partial charge is 0.371 e. The second-order valence-corrected chi connectivity index (χ2v) is 4.84. The van der Waals surface area contributed by atoms with Gasteiger partial charge in [0.2, 0.25) is 0 Å². The van der Waals surface area contributed by atoms with Crippen LogP contribution in [-0.2, 0) is 0 Å². The van der Waals surface area contributed by atoms with Gasteiger partial charge in [0, 0.05) is 37.9 Å². The summed E-state index contributed by atoms with van der Waals surface area (Å²) >= 11 is 0. The van der Waals surface area contributed by atoms with E-state index in [2.05, 4.69) is 39.8 Å². The van der Waals surface area contributed by atoms with E-state index in [1.54, 1.807) is 0 Å². The lowest BCUT2D eigenvalue weighted by Crippen LogP contribution is -2.45. The van der Waals surface area contributed by atoms with Crippen LogP contribution in [0.5, 0.6) is 0 Å². The van der Waals surface area contributed by atoms with E-state index in [0.717, 1.165) is 32.5 Å². The first-order chi connectivity index (χ1) is 9.25. The molecule has 5 nitrogen and oxygen atoms in total. The molecule has 0 aromatic heterocycles. The minimum absolute atomic E-state index is 0.458. The Kier molecular flexibility index (Phi) is 5.03. The smallest absolute Gasteiger partial charge is 0.312 e. The molecule has 2 rings (SSSR count). The highest BCUT2D eigenvalue weighted by molar-refractivity contribution is 5.71. The summed E-state index contributed by atoms with van der Waals surface area (Å²) in [5.41, 5.74) is 6.31. The molecule has 0 unspecified atom stereocenters. The molecule has 5 heteroatoms. The number of primary amides is 1. The molecule has 0 saturated carbocycles. The highest BCUT2D eigenvalue weighted by Crippen LogP contribution is 2.19. The van der Waals surface area contributed by atoms with Gasteiger partial charge in [0.1, 0.15) is 0 Å². The third-order valence-electron chi connectivity index (χ3n) is 3.47. The minimum Gasteiger partial charge on any atom is -0.371 e. The van der Waals surface area contributed by atoms with Gasteiger partial charge in [0.25, 0.3) is 0 Å². The molecule has 2 amide bonds. The average Bonchev–Trinajstić information content (AvgIpc) is 2.45. The van der Waals surface area contributed by atoms with Crippen molar-refractivity contribution in [3.63, 3.8) is 0 Å². The Morgan fingerprint density at radius 3 is 2.53 bits per heavy atom. The van der Waals surface area contributed by atoms with Gasteiger partial charge in [-0.15, -0.1) is 0 Å². The number of piperidine rings is 1. The van der Waals surface area contributed by atoms with E-state index in [1.165, 1.54) is 5.69 Å². The van der Waals surface area contributed by atoms with Crippen molar-refractivity contribution in [2.24, 2.45) is 5.73 Å². The number of para-hydroxylation sites is 1. The van der Waals surface area contributed by atoms with Gasteiger partial charge in [-0.05, 0) is 25.0 Å². The van der Waals surface area contributed by atoms with Crippen molar-refractivity contribution in [2.75, 3.05) is 31.1 Å². The van der Waals surface area contributed by atoms with E-state index in [1.807, 2.05) is 6.07 Å². The number of urea groups is 1. The summed E-state index contributed by atoms with van der Waals surface area (Å²) in [5.74, 6) is 0. The van der Waals surface area contributed by atoms with Crippen molar-refractivity contribution in [2.45, 2.75) is 18.9 Å². The predicted molar refractivity (Wildman–Crippen MR) is 77.3 cm³/mol. The van der Waals surface area contributed by atoms with Gasteiger partial charge >= 0.3 is 6.03 Å². The van der Waals surface area contributed by atoms with E-state index in [9.17, 15) is 4.79 Å². The second-order valence-electron chi connectivity index (χ2n) is 4.84. The molecule has 104 valence electrons. The van der Waals surface area contributed by atoms with Crippen molar-refractivity contribution < 1.29 is 4.79 Å². The lowest BCUT2D eigenvalue weighted by atomic mass is 10.0. The van der Waals surface area contributed by atoms with Crippen LogP contribution < -0.4 is 21.3 Å². The van der Waals surface area contributed by atoms with Crippen molar-refractivity contribution in [3.05, 3.63) is 30.3 Å². The normalized spacial score (nSPS) is 16.3. The number of anilines is 1. The molecule has 0 aliphatic carbocycles. The van der Waals surface area contributed by atoms with Crippen molar-refractivity contribution in [1.82, 2.24) is 10.6 Å². The average molecular weight is 262 g/mol. The van der Waals surface area contributed by atoms with Gasteiger partial charge in [-0.3, -0.25) is 0 Å². The van der Waals surface area contributed by atoms with Crippen molar-refractivity contribution in [3.8, 4) is 0 Å². The summed E-state index contributed by atoms with van der Waals surface area (Å²) in [6, 6.07) is 10.6. The van der Waals surface area contributed by atoms with Crippen LogP contribution in [0.2, 0.25) is 0 Å². The Hall–Kier alpha value is -1.75. The number of carbonyl (C=O) groups is 1. The Morgan fingerprint density at radius 1 is 1.21 bits per heavy atom. The van der Waals surface area contributed by atoms with Gasteiger partial charge in [0.15, 0.2) is 0 Å². The monoisotopic (exact) mass is 262 g/mol. The minimum atomic E-state index is -0.458. The van der Waals surface area contributed by atoms with Gasteiger partial charge in [-0.2, -0.15) is 0 Å². The molecule has 0 spiro atoms. The number of nitrogens with one attached hydrogen (secondary N) is 2. The molecular weight excluding hydrogens is 240 g/mol. The van der Waals surface area contributed by atoms with Crippen LogP contribution in [0.15, 0.2) is 30.3 Å². The fourth-order valence-corrected chi connectivity index (χ4v) is 2.44. The zero-order valence-electron chi connectivity index (χ0n) is 11.1.